The van der Waals surface area contributed by atoms with E-state index in [9.17, 15) is 0 Å². The average molecular weight is 446 g/mol. The molecule has 0 spiro atoms. The maximum absolute atomic E-state index is 7.27. The van der Waals surface area contributed by atoms with Gasteiger partial charge in [0.1, 0.15) is 16.9 Å². The van der Waals surface area contributed by atoms with E-state index in [1.54, 1.807) is 0 Å². The van der Waals surface area contributed by atoms with Crippen LogP contribution >= 0.6 is 0 Å². The summed E-state index contributed by atoms with van der Waals surface area (Å²) in [5.41, 5.74) is 3.07. The molecular formula is C32H31NO. The molecule has 5 atom stereocenters. The normalized spacial score (nSPS) is 27.7. The highest BCUT2D eigenvalue weighted by Gasteiger charge is 2.79. The lowest BCUT2D eigenvalue weighted by Crippen LogP contribution is -2.54. The first-order valence-electron chi connectivity index (χ1n) is 12.4. The molecule has 2 aliphatic rings. The highest BCUT2D eigenvalue weighted by molar-refractivity contribution is 5.54. The molecule has 2 nitrogen and oxygen atoms in total. The van der Waals surface area contributed by atoms with Crippen molar-refractivity contribution in [3.05, 3.63) is 138 Å². The fourth-order valence-electron chi connectivity index (χ4n) is 6.43. The van der Waals surface area contributed by atoms with Gasteiger partial charge in [-0.25, -0.2) is 0 Å². The van der Waals surface area contributed by atoms with Crippen LogP contribution in [0.1, 0.15) is 36.5 Å². The molecule has 0 radical (unpaired) electrons. The number of benzene rings is 4. The molecule has 34 heavy (non-hydrogen) atoms. The van der Waals surface area contributed by atoms with Crippen molar-refractivity contribution < 1.29 is 4.74 Å². The molecule has 2 heteroatoms. The highest BCUT2D eigenvalue weighted by atomic mass is 16.5. The molecule has 1 aliphatic carbocycles. The first kappa shape index (κ1) is 21.2. The molecule has 2 fully saturated rings. The van der Waals surface area contributed by atoms with Gasteiger partial charge in [0.15, 0.2) is 0 Å². The predicted octanol–water partition coefficient (Wildman–Crippen LogP) is 6.89. The van der Waals surface area contributed by atoms with E-state index in [-0.39, 0.29) is 5.92 Å². The van der Waals surface area contributed by atoms with Crippen LogP contribution in [0.25, 0.3) is 0 Å². The van der Waals surface area contributed by atoms with E-state index in [0.29, 0.717) is 12.0 Å². The molecule has 4 aromatic rings. The summed E-state index contributed by atoms with van der Waals surface area (Å²) in [4.78, 5) is 2.65. The Bertz CT molecular complexity index is 1200. The standard InChI is InChI=1S/C32H31NO/c1-24-23-33(24)31(27-17-9-4-10-18-27,28-19-11-5-12-20-28)32(34-29-21-13-6-14-22-29)25(2)30(32)26-15-7-3-8-16-26/h3-22,24-25,30H,23H2,1-2H3. The van der Waals surface area contributed by atoms with E-state index < -0.39 is 11.1 Å². The fourth-order valence-corrected chi connectivity index (χ4v) is 6.43. The summed E-state index contributed by atoms with van der Waals surface area (Å²) in [6, 6.07) is 43.9. The Morgan fingerprint density at radius 1 is 0.676 bits per heavy atom. The first-order valence-corrected chi connectivity index (χ1v) is 12.4. The Morgan fingerprint density at radius 3 is 1.59 bits per heavy atom. The van der Waals surface area contributed by atoms with Crippen LogP contribution in [-0.4, -0.2) is 23.1 Å². The van der Waals surface area contributed by atoms with Crippen LogP contribution in [0.5, 0.6) is 5.75 Å². The van der Waals surface area contributed by atoms with Crippen molar-refractivity contribution in [2.75, 3.05) is 6.54 Å². The maximum Gasteiger partial charge on any atom is 0.146 e. The minimum absolute atomic E-state index is 0.266. The fraction of sp³-hybridized carbons (Fsp3) is 0.250. The van der Waals surface area contributed by atoms with Crippen molar-refractivity contribution in [3.63, 3.8) is 0 Å². The molecule has 1 heterocycles. The Hall–Kier alpha value is -3.36. The van der Waals surface area contributed by atoms with Crippen molar-refractivity contribution in [1.29, 1.82) is 0 Å². The number of hydrogen-bond donors (Lipinski definition) is 0. The van der Waals surface area contributed by atoms with Gasteiger partial charge in [-0.05, 0) is 35.7 Å². The van der Waals surface area contributed by atoms with E-state index in [1.807, 2.05) is 0 Å². The first-order chi connectivity index (χ1) is 16.7. The monoisotopic (exact) mass is 445 g/mol. The van der Waals surface area contributed by atoms with Crippen molar-refractivity contribution in [2.24, 2.45) is 5.92 Å². The van der Waals surface area contributed by atoms with Gasteiger partial charge in [-0.3, -0.25) is 4.90 Å². The lowest BCUT2D eigenvalue weighted by Gasteiger charge is -2.45. The van der Waals surface area contributed by atoms with Gasteiger partial charge in [0.2, 0.25) is 0 Å². The molecule has 6 rings (SSSR count). The summed E-state index contributed by atoms with van der Waals surface area (Å²) in [7, 11) is 0. The number of nitrogens with zero attached hydrogens (tertiary/aromatic N) is 1. The van der Waals surface area contributed by atoms with E-state index in [1.165, 1.54) is 16.7 Å². The van der Waals surface area contributed by atoms with Crippen LogP contribution in [0.4, 0.5) is 0 Å². The molecule has 1 saturated heterocycles. The molecule has 0 amide bonds. The second-order valence-electron chi connectivity index (χ2n) is 9.83. The van der Waals surface area contributed by atoms with Crippen LogP contribution in [0.15, 0.2) is 121 Å². The quantitative estimate of drug-likeness (QED) is 0.287. The molecule has 4 aromatic carbocycles. The van der Waals surface area contributed by atoms with Gasteiger partial charge in [-0.2, -0.15) is 0 Å². The number of para-hydroxylation sites is 1. The molecule has 0 bridgehead atoms. The lowest BCUT2D eigenvalue weighted by molar-refractivity contribution is 0.0229. The van der Waals surface area contributed by atoms with Gasteiger partial charge >= 0.3 is 0 Å². The summed E-state index contributed by atoms with van der Waals surface area (Å²) in [5.74, 6) is 1.52. The van der Waals surface area contributed by atoms with Crippen LogP contribution in [0.3, 0.4) is 0 Å². The summed E-state index contributed by atoms with van der Waals surface area (Å²) in [5, 5.41) is 0. The lowest BCUT2D eigenvalue weighted by atomic mass is 9.73. The SMILES string of the molecule is CC1CN1C(c1ccccc1)(c1ccccc1)C1(Oc2ccccc2)C(C)C1c1ccccc1. The largest absolute Gasteiger partial charge is 0.484 e. The van der Waals surface area contributed by atoms with Gasteiger partial charge in [0.05, 0.1) is 0 Å². The zero-order valence-corrected chi connectivity index (χ0v) is 19.8. The summed E-state index contributed by atoms with van der Waals surface area (Å²) < 4.78 is 7.27. The average Bonchev–Trinajstić information content (AvgIpc) is 3.77. The molecule has 0 aromatic heterocycles. The Balaban J connectivity index is 1.65. The number of ether oxygens (including phenoxy) is 1. The molecule has 0 N–H and O–H groups in total. The summed E-state index contributed by atoms with van der Waals surface area (Å²) in [6.45, 7) is 5.76. The number of rotatable bonds is 7. The minimum Gasteiger partial charge on any atom is -0.484 e. The number of hydrogen-bond acceptors (Lipinski definition) is 2. The van der Waals surface area contributed by atoms with Gasteiger partial charge < -0.3 is 4.74 Å². The van der Waals surface area contributed by atoms with Crippen molar-refractivity contribution >= 4 is 0 Å². The van der Waals surface area contributed by atoms with E-state index in [2.05, 4.69) is 140 Å². The van der Waals surface area contributed by atoms with Gasteiger partial charge in [0.25, 0.3) is 0 Å². The second kappa shape index (κ2) is 8.14. The smallest absolute Gasteiger partial charge is 0.146 e. The third kappa shape index (κ3) is 3.05. The van der Waals surface area contributed by atoms with Crippen molar-refractivity contribution in [3.8, 4) is 5.75 Å². The van der Waals surface area contributed by atoms with E-state index in [0.717, 1.165) is 12.3 Å². The Kier molecular flexibility index (Phi) is 5.08. The van der Waals surface area contributed by atoms with Crippen LogP contribution < -0.4 is 4.74 Å². The van der Waals surface area contributed by atoms with Crippen molar-refractivity contribution in [2.45, 2.75) is 36.9 Å². The molecule has 1 aliphatic heterocycles. The van der Waals surface area contributed by atoms with Crippen LogP contribution in [-0.2, 0) is 5.54 Å². The maximum atomic E-state index is 7.27. The highest BCUT2D eigenvalue weighted by Crippen LogP contribution is 2.71. The van der Waals surface area contributed by atoms with Crippen LogP contribution in [0.2, 0.25) is 0 Å². The predicted molar refractivity (Wildman–Crippen MR) is 138 cm³/mol. The third-order valence-electron chi connectivity index (χ3n) is 7.96. The van der Waals surface area contributed by atoms with Crippen molar-refractivity contribution in [1.82, 2.24) is 4.90 Å². The summed E-state index contributed by atoms with van der Waals surface area (Å²) >= 11 is 0. The summed E-state index contributed by atoms with van der Waals surface area (Å²) in [6.07, 6.45) is 0. The van der Waals surface area contributed by atoms with Gasteiger partial charge in [-0.15, -0.1) is 0 Å². The van der Waals surface area contributed by atoms with Crippen LogP contribution in [0, 0.1) is 5.92 Å². The molecule has 170 valence electrons. The molecular weight excluding hydrogens is 414 g/mol. The van der Waals surface area contributed by atoms with Gasteiger partial charge in [-0.1, -0.05) is 116 Å². The zero-order chi connectivity index (χ0) is 23.2. The molecule has 1 saturated carbocycles. The Morgan fingerprint density at radius 2 is 1.12 bits per heavy atom. The van der Waals surface area contributed by atoms with E-state index >= 15 is 0 Å². The van der Waals surface area contributed by atoms with Gasteiger partial charge in [0, 0.05) is 24.4 Å². The third-order valence-corrected chi connectivity index (χ3v) is 7.96. The topological polar surface area (TPSA) is 12.2 Å². The zero-order valence-electron chi connectivity index (χ0n) is 19.8. The molecule has 5 unspecified atom stereocenters. The Labute approximate surface area is 202 Å². The minimum atomic E-state index is -0.455. The van der Waals surface area contributed by atoms with E-state index in [4.69, 9.17) is 4.74 Å². The second-order valence-corrected chi connectivity index (χ2v) is 9.83.